The number of hydrogen-bond donors (Lipinski definition) is 0. The average molecular weight is 266 g/mol. The van der Waals surface area contributed by atoms with Crippen LogP contribution in [0.5, 0.6) is 11.6 Å². The molecule has 2 aromatic rings. The minimum absolute atomic E-state index is 0.000675. The predicted octanol–water partition coefficient (Wildman–Crippen LogP) is 3.14. The van der Waals surface area contributed by atoms with Crippen LogP contribution in [0.1, 0.15) is 5.69 Å². The predicted molar refractivity (Wildman–Crippen MR) is 64.9 cm³/mol. The lowest BCUT2D eigenvalue weighted by molar-refractivity contribution is -0.385. The van der Waals surface area contributed by atoms with Crippen molar-refractivity contribution in [2.75, 3.05) is 0 Å². The zero-order valence-electron chi connectivity index (χ0n) is 9.33. The Morgan fingerprint density at radius 3 is 2.78 bits per heavy atom. The van der Waals surface area contributed by atoms with E-state index >= 15 is 0 Å². The minimum Gasteiger partial charge on any atom is -0.437 e. The number of hydrogen-bond acceptors (Lipinski definition) is 5. The highest BCUT2D eigenvalue weighted by molar-refractivity contribution is 6.29. The lowest BCUT2D eigenvalue weighted by Gasteiger charge is -2.04. The van der Waals surface area contributed by atoms with Crippen molar-refractivity contribution in [3.05, 3.63) is 51.4 Å². The molecule has 0 unspecified atom stereocenters. The summed E-state index contributed by atoms with van der Waals surface area (Å²) in [5, 5.41) is 10.7. The van der Waals surface area contributed by atoms with Gasteiger partial charge in [0.05, 0.1) is 23.3 Å². The molecule has 0 aliphatic heterocycles. The van der Waals surface area contributed by atoms with Crippen LogP contribution in [0.3, 0.4) is 0 Å². The molecule has 0 bridgehead atoms. The molecule has 0 aliphatic carbocycles. The van der Waals surface area contributed by atoms with Crippen molar-refractivity contribution in [3.63, 3.8) is 0 Å². The number of nitro groups is 1. The molecule has 0 radical (unpaired) electrons. The monoisotopic (exact) mass is 265 g/mol. The maximum Gasteiger partial charge on any atom is 0.277 e. The molecule has 7 heteroatoms. The number of pyridine rings is 2. The van der Waals surface area contributed by atoms with Gasteiger partial charge in [0, 0.05) is 5.69 Å². The highest BCUT2D eigenvalue weighted by atomic mass is 35.5. The zero-order chi connectivity index (χ0) is 13.1. The van der Waals surface area contributed by atoms with Gasteiger partial charge in [0.2, 0.25) is 5.88 Å². The van der Waals surface area contributed by atoms with Crippen LogP contribution in [0.4, 0.5) is 5.69 Å². The summed E-state index contributed by atoms with van der Waals surface area (Å²) >= 11 is 5.67. The van der Waals surface area contributed by atoms with E-state index in [9.17, 15) is 10.1 Å². The second-order valence-corrected chi connectivity index (χ2v) is 3.87. The van der Waals surface area contributed by atoms with Crippen molar-refractivity contribution in [2.45, 2.75) is 6.92 Å². The first-order valence-corrected chi connectivity index (χ1v) is 5.35. The third-order valence-electron chi connectivity index (χ3n) is 2.07. The molecule has 2 heterocycles. The molecule has 0 saturated carbocycles. The van der Waals surface area contributed by atoms with Gasteiger partial charge < -0.3 is 4.74 Å². The summed E-state index contributed by atoms with van der Waals surface area (Å²) in [6.07, 6.45) is 1.50. The van der Waals surface area contributed by atoms with E-state index in [1.807, 2.05) is 6.92 Å². The Kier molecular flexibility index (Phi) is 3.38. The maximum absolute atomic E-state index is 10.7. The fourth-order valence-corrected chi connectivity index (χ4v) is 1.45. The van der Waals surface area contributed by atoms with Gasteiger partial charge in [-0.2, -0.15) is 0 Å². The quantitative estimate of drug-likeness (QED) is 0.484. The Hall–Kier alpha value is -2.21. The summed E-state index contributed by atoms with van der Waals surface area (Å²) in [5.41, 5.74) is 0.664. The van der Waals surface area contributed by atoms with Gasteiger partial charge in [0.15, 0.2) is 0 Å². The number of nitrogens with zero attached hydrogens (tertiary/aromatic N) is 3. The third-order valence-corrected chi connectivity index (χ3v) is 2.27. The molecule has 6 nitrogen and oxygen atoms in total. The first-order chi connectivity index (χ1) is 8.54. The van der Waals surface area contributed by atoms with E-state index in [2.05, 4.69) is 9.97 Å². The van der Waals surface area contributed by atoms with Crippen LogP contribution in [0.2, 0.25) is 5.15 Å². The van der Waals surface area contributed by atoms with Crippen molar-refractivity contribution >= 4 is 17.3 Å². The summed E-state index contributed by atoms with van der Waals surface area (Å²) in [6, 6.07) is 5.80. The summed E-state index contributed by atoms with van der Waals surface area (Å²) in [7, 11) is 0. The van der Waals surface area contributed by atoms with E-state index in [1.165, 1.54) is 12.3 Å². The van der Waals surface area contributed by atoms with E-state index in [1.54, 1.807) is 12.1 Å². The Labute approximate surface area is 107 Å². The topological polar surface area (TPSA) is 78.2 Å². The molecule has 0 spiro atoms. The molecule has 0 fully saturated rings. The fourth-order valence-electron chi connectivity index (χ4n) is 1.25. The Bertz CT molecular complexity index is 587. The minimum atomic E-state index is -0.562. The van der Waals surface area contributed by atoms with Crippen molar-refractivity contribution < 1.29 is 9.66 Å². The summed E-state index contributed by atoms with van der Waals surface area (Å²) in [4.78, 5) is 18.0. The molecule has 2 rings (SSSR count). The smallest absolute Gasteiger partial charge is 0.277 e. The van der Waals surface area contributed by atoms with E-state index in [-0.39, 0.29) is 16.7 Å². The van der Waals surface area contributed by atoms with Crippen LogP contribution in [-0.4, -0.2) is 14.9 Å². The summed E-state index contributed by atoms with van der Waals surface area (Å²) < 4.78 is 5.34. The molecule has 2 aromatic heterocycles. The highest BCUT2D eigenvalue weighted by Gasteiger charge is 2.11. The van der Waals surface area contributed by atoms with E-state index in [0.717, 1.165) is 11.8 Å². The standard InChI is InChI=1S/C11H8ClN3O3/c1-7-2-3-9(6-13-7)18-11-5-8(15(16)17)4-10(12)14-11/h2-6H,1H3. The van der Waals surface area contributed by atoms with Crippen LogP contribution in [0.25, 0.3) is 0 Å². The first-order valence-electron chi connectivity index (χ1n) is 4.97. The second-order valence-electron chi connectivity index (χ2n) is 3.48. The third kappa shape index (κ3) is 2.92. The summed E-state index contributed by atoms with van der Waals surface area (Å²) in [5.74, 6) is 0.490. The normalized spacial score (nSPS) is 10.1. The molecular weight excluding hydrogens is 258 g/mol. The van der Waals surface area contributed by atoms with Crippen LogP contribution in [0, 0.1) is 17.0 Å². The highest BCUT2D eigenvalue weighted by Crippen LogP contribution is 2.25. The Morgan fingerprint density at radius 2 is 2.17 bits per heavy atom. The Balaban J connectivity index is 2.28. The van der Waals surface area contributed by atoms with Crippen LogP contribution in [-0.2, 0) is 0 Å². The van der Waals surface area contributed by atoms with E-state index < -0.39 is 4.92 Å². The molecule has 92 valence electrons. The molecule has 0 aliphatic rings. The van der Waals surface area contributed by atoms with Gasteiger partial charge in [-0.1, -0.05) is 11.6 Å². The lowest BCUT2D eigenvalue weighted by Crippen LogP contribution is -1.93. The van der Waals surface area contributed by atoms with Gasteiger partial charge in [0.1, 0.15) is 10.9 Å². The van der Waals surface area contributed by atoms with Gasteiger partial charge in [-0.15, -0.1) is 0 Å². The van der Waals surface area contributed by atoms with Gasteiger partial charge >= 0.3 is 0 Å². The second kappa shape index (κ2) is 4.97. The van der Waals surface area contributed by atoms with Crippen molar-refractivity contribution in [1.82, 2.24) is 9.97 Å². The van der Waals surface area contributed by atoms with Gasteiger partial charge in [0.25, 0.3) is 5.69 Å². The average Bonchev–Trinajstić information content (AvgIpc) is 2.31. The van der Waals surface area contributed by atoms with Crippen molar-refractivity contribution in [1.29, 1.82) is 0 Å². The fraction of sp³-hybridized carbons (Fsp3) is 0.0909. The van der Waals surface area contributed by atoms with Crippen molar-refractivity contribution in [2.24, 2.45) is 0 Å². The van der Waals surface area contributed by atoms with E-state index in [4.69, 9.17) is 16.3 Å². The van der Waals surface area contributed by atoms with Crippen LogP contribution < -0.4 is 4.74 Å². The number of aryl methyl sites for hydroxylation is 1. The molecule has 18 heavy (non-hydrogen) atoms. The maximum atomic E-state index is 10.7. The number of ether oxygens (including phenoxy) is 1. The largest absolute Gasteiger partial charge is 0.437 e. The van der Waals surface area contributed by atoms with Crippen LogP contribution >= 0.6 is 11.6 Å². The molecular formula is C11H8ClN3O3. The Morgan fingerprint density at radius 1 is 1.39 bits per heavy atom. The lowest BCUT2D eigenvalue weighted by atomic mass is 10.4. The number of aromatic nitrogens is 2. The number of rotatable bonds is 3. The van der Waals surface area contributed by atoms with Crippen molar-refractivity contribution in [3.8, 4) is 11.6 Å². The molecule has 0 aromatic carbocycles. The molecule has 0 saturated heterocycles. The summed E-state index contributed by atoms with van der Waals surface area (Å²) in [6.45, 7) is 1.84. The molecule has 0 atom stereocenters. The SMILES string of the molecule is Cc1ccc(Oc2cc([N+](=O)[O-])cc(Cl)n2)cn1. The number of halogens is 1. The molecule has 0 amide bonds. The van der Waals surface area contributed by atoms with Gasteiger partial charge in [-0.05, 0) is 19.1 Å². The van der Waals surface area contributed by atoms with Gasteiger partial charge in [-0.25, -0.2) is 4.98 Å². The molecule has 0 N–H and O–H groups in total. The van der Waals surface area contributed by atoms with Crippen LogP contribution in [0.15, 0.2) is 30.5 Å². The van der Waals surface area contributed by atoms with Gasteiger partial charge in [-0.3, -0.25) is 15.1 Å². The zero-order valence-corrected chi connectivity index (χ0v) is 10.1. The first kappa shape index (κ1) is 12.3. The van der Waals surface area contributed by atoms with E-state index in [0.29, 0.717) is 5.75 Å².